The second-order valence-corrected chi connectivity index (χ2v) is 6.75. The third-order valence-electron chi connectivity index (χ3n) is 3.33. The summed E-state index contributed by atoms with van der Waals surface area (Å²) in [5, 5.41) is 9.05. The summed E-state index contributed by atoms with van der Waals surface area (Å²) in [5.41, 5.74) is 2.07. The number of benzene rings is 2. The van der Waals surface area contributed by atoms with Crippen LogP contribution in [0.4, 0.5) is 5.69 Å². The number of hydrogen-bond donors (Lipinski definition) is 2. The van der Waals surface area contributed by atoms with E-state index < -0.39 is 16.0 Å². The lowest BCUT2D eigenvalue weighted by Gasteiger charge is -2.14. The summed E-state index contributed by atoms with van der Waals surface area (Å²) in [4.78, 5) is 10.9. The fraction of sp³-hybridized carbons (Fsp3) is 0.188. The smallest absolute Gasteiger partial charge is 0.335 e. The number of carboxylic acids is 1. The fourth-order valence-corrected chi connectivity index (χ4v) is 3.47. The molecule has 7 heteroatoms. The minimum absolute atomic E-state index is 0.0762. The lowest BCUT2D eigenvalue weighted by Crippen LogP contribution is -2.15. The van der Waals surface area contributed by atoms with E-state index in [-0.39, 0.29) is 16.2 Å². The van der Waals surface area contributed by atoms with Gasteiger partial charge in [0.15, 0.2) is 0 Å². The van der Waals surface area contributed by atoms with E-state index >= 15 is 0 Å². The molecule has 0 unspecified atom stereocenters. The average Bonchev–Trinajstić information content (AvgIpc) is 2.49. The molecule has 0 heterocycles. The first-order valence-electron chi connectivity index (χ1n) is 6.76. The van der Waals surface area contributed by atoms with Crippen LogP contribution in [0.2, 0.25) is 0 Å². The number of nitrogens with one attached hydrogen (secondary N) is 1. The Bertz CT molecular complexity index is 859. The van der Waals surface area contributed by atoms with Crippen molar-refractivity contribution in [2.75, 3.05) is 11.8 Å². The Kier molecular flexibility index (Phi) is 4.60. The van der Waals surface area contributed by atoms with Gasteiger partial charge in [-0.2, -0.15) is 0 Å². The van der Waals surface area contributed by atoms with E-state index in [1.165, 1.54) is 19.2 Å². The highest BCUT2D eigenvalue weighted by molar-refractivity contribution is 7.92. The maximum Gasteiger partial charge on any atom is 0.335 e. The van der Waals surface area contributed by atoms with Crippen LogP contribution in [0.3, 0.4) is 0 Å². The quantitative estimate of drug-likeness (QED) is 0.876. The van der Waals surface area contributed by atoms with Crippen molar-refractivity contribution in [3.05, 3.63) is 53.1 Å². The molecule has 6 nitrogen and oxygen atoms in total. The first kappa shape index (κ1) is 16.8. The zero-order valence-electron chi connectivity index (χ0n) is 13.0. The molecule has 23 heavy (non-hydrogen) atoms. The number of carbonyl (C=O) groups is 1. The van der Waals surface area contributed by atoms with Crippen molar-refractivity contribution in [3.63, 3.8) is 0 Å². The normalized spacial score (nSPS) is 11.1. The number of ether oxygens (including phenoxy) is 1. The second kappa shape index (κ2) is 6.29. The molecule has 0 aliphatic heterocycles. The summed E-state index contributed by atoms with van der Waals surface area (Å²) in [7, 11) is -2.66. The number of anilines is 1. The van der Waals surface area contributed by atoms with Crippen molar-refractivity contribution < 1.29 is 23.1 Å². The van der Waals surface area contributed by atoms with Gasteiger partial charge >= 0.3 is 5.97 Å². The summed E-state index contributed by atoms with van der Waals surface area (Å²) >= 11 is 0. The van der Waals surface area contributed by atoms with Gasteiger partial charge in [-0.3, -0.25) is 4.72 Å². The molecule has 2 aromatic carbocycles. The Morgan fingerprint density at radius 1 is 1.13 bits per heavy atom. The highest BCUT2D eigenvalue weighted by atomic mass is 32.2. The highest BCUT2D eigenvalue weighted by Crippen LogP contribution is 2.28. The molecule has 122 valence electrons. The van der Waals surface area contributed by atoms with Gasteiger partial charge in [-0.1, -0.05) is 17.7 Å². The topological polar surface area (TPSA) is 92.7 Å². The molecule has 0 bridgehead atoms. The van der Waals surface area contributed by atoms with Gasteiger partial charge in [-0.05, 0) is 43.7 Å². The molecular formula is C16H17NO5S. The Hall–Kier alpha value is -2.54. The Morgan fingerprint density at radius 2 is 1.83 bits per heavy atom. The molecule has 0 aliphatic carbocycles. The van der Waals surface area contributed by atoms with Crippen LogP contribution in [0.1, 0.15) is 21.5 Å². The minimum atomic E-state index is -3.99. The first-order chi connectivity index (χ1) is 10.7. The van der Waals surface area contributed by atoms with Crippen molar-refractivity contribution in [2.45, 2.75) is 18.7 Å². The number of hydrogen-bond acceptors (Lipinski definition) is 4. The number of rotatable bonds is 5. The fourth-order valence-electron chi connectivity index (χ4n) is 2.15. The third kappa shape index (κ3) is 3.62. The van der Waals surface area contributed by atoms with Crippen molar-refractivity contribution in [1.29, 1.82) is 0 Å². The van der Waals surface area contributed by atoms with Crippen LogP contribution in [0, 0.1) is 13.8 Å². The molecule has 0 radical (unpaired) electrons. The maximum absolute atomic E-state index is 12.6. The van der Waals surface area contributed by atoms with Crippen molar-refractivity contribution in [1.82, 2.24) is 0 Å². The molecule has 0 spiro atoms. The average molecular weight is 335 g/mol. The zero-order valence-corrected chi connectivity index (χ0v) is 13.8. The molecule has 0 aliphatic rings. The molecule has 0 amide bonds. The molecule has 0 saturated carbocycles. The number of sulfonamides is 1. The van der Waals surface area contributed by atoms with Gasteiger partial charge in [0.1, 0.15) is 10.6 Å². The van der Waals surface area contributed by atoms with Gasteiger partial charge in [-0.15, -0.1) is 0 Å². The molecule has 0 aromatic heterocycles. The summed E-state index contributed by atoms with van der Waals surface area (Å²) in [6, 6.07) is 8.98. The predicted molar refractivity (Wildman–Crippen MR) is 86.7 cm³/mol. The van der Waals surface area contributed by atoms with E-state index in [1.807, 2.05) is 13.0 Å². The van der Waals surface area contributed by atoms with Crippen molar-refractivity contribution in [2.24, 2.45) is 0 Å². The van der Waals surface area contributed by atoms with E-state index in [4.69, 9.17) is 9.84 Å². The number of methoxy groups -OCH3 is 1. The number of aromatic carboxylic acids is 1. The SMILES string of the molecule is COc1ccc(C(=O)O)cc1S(=O)(=O)Nc1ccc(C)cc1C. The lowest BCUT2D eigenvalue weighted by atomic mass is 10.1. The van der Waals surface area contributed by atoms with Gasteiger partial charge in [0, 0.05) is 0 Å². The van der Waals surface area contributed by atoms with Gasteiger partial charge < -0.3 is 9.84 Å². The van der Waals surface area contributed by atoms with Gasteiger partial charge in [-0.25, -0.2) is 13.2 Å². The second-order valence-electron chi connectivity index (χ2n) is 5.09. The Labute approximate surface area is 134 Å². The third-order valence-corrected chi connectivity index (χ3v) is 4.71. The summed E-state index contributed by atoms with van der Waals surface area (Å²) in [5.74, 6) is -1.14. The van der Waals surface area contributed by atoms with Crippen LogP contribution >= 0.6 is 0 Å². The lowest BCUT2D eigenvalue weighted by molar-refractivity contribution is 0.0696. The molecule has 2 rings (SSSR count). The molecule has 2 aromatic rings. The maximum atomic E-state index is 12.6. The summed E-state index contributed by atoms with van der Waals surface area (Å²) < 4.78 is 32.7. The Morgan fingerprint density at radius 3 is 2.39 bits per heavy atom. The largest absolute Gasteiger partial charge is 0.495 e. The molecule has 0 atom stereocenters. The van der Waals surface area contributed by atoms with E-state index in [0.717, 1.165) is 17.2 Å². The zero-order chi connectivity index (χ0) is 17.2. The monoisotopic (exact) mass is 335 g/mol. The predicted octanol–water partition coefficient (Wildman–Crippen LogP) is 2.81. The molecule has 0 saturated heterocycles. The van der Waals surface area contributed by atoms with Crippen LogP contribution in [-0.2, 0) is 10.0 Å². The number of carboxylic acid groups (broad SMARTS) is 1. The van der Waals surface area contributed by atoms with Crippen LogP contribution in [0.15, 0.2) is 41.3 Å². The molecule has 0 fully saturated rings. The molecule has 2 N–H and O–H groups in total. The highest BCUT2D eigenvalue weighted by Gasteiger charge is 2.22. The van der Waals surface area contributed by atoms with E-state index in [9.17, 15) is 13.2 Å². The Balaban J connectivity index is 2.50. The van der Waals surface area contributed by atoms with E-state index in [0.29, 0.717) is 5.69 Å². The molecular weight excluding hydrogens is 318 g/mol. The minimum Gasteiger partial charge on any atom is -0.495 e. The van der Waals surface area contributed by atoms with Crippen LogP contribution in [0.5, 0.6) is 5.75 Å². The van der Waals surface area contributed by atoms with Gasteiger partial charge in [0.25, 0.3) is 10.0 Å². The van der Waals surface area contributed by atoms with Crippen LogP contribution in [-0.4, -0.2) is 26.6 Å². The number of aryl methyl sites for hydroxylation is 2. The van der Waals surface area contributed by atoms with E-state index in [2.05, 4.69) is 4.72 Å². The van der Waals surface area contributed by atoms with Crippen molar-refractivity contribution >= 4 is 21.7 Å². The standard InChI is InChI=1S/C16H17NO5S/c1-10-4-6-13(11(2)8-10)17-23(20,21)15-9-12(16(18)19)5-7-14(15)22-3/h4-9,17H,1-3H3,(H,18,19). The van der Waals surface area contributed by atoms with Gasteiger partial charge in [0.2, 0.25) is 0 Å². The van der Waals surface area contributed by atoms with Crippen LogP contribution < -0.4 is 9.46 Å². The van der Waals surface area contributed by atoms with E-state index in [1.54, 1.807) is 19.1 Å². The first-order valence-corrected chi connectivity index (χ1v) is 8.24. The van der Waals surface area contributed by atoms with Crippen LogP contribution in [0.25, 0.3) is 0 Å². The summed E-state index contributed by atoms with van der Waals surface area (Å²) in [6.45, 7) is 3.69. The summed E-state index contributed by atoms with van der Waals surface area (Å²) in [6.07, 6.45) is 0. The van der Waals surface area contributed by atoms with Crippen molar-refractivity contribution in [3.8, 4) is 5.75 Å². The van der Waals surface area contributed by atoms with Gasteiger partial charge in [0.05, 0.1) is 18.4 Å².